The molecular formula is C50H78O18. The summed E-state index contributed by atoms with van der Waals surface area (Å²) in [5, 5.41) is 78.7. The molecule has 0 amide bonds. The lowest BCUT2D eigenvalue weighted by Gasteiger charge is -2.71. The molecule has 3 aliphatic heterocycles. The van der Waals surface area contributed by atoms with E-state index >= 15 is 0 Å². The zero-order valence-corrected chi connectivity index (χ0v) is 41.2. The molecule has 68 heavy (non-hydrogen) atoms. The molecule has 3 saturated heterocycles. The van der Waals surface area contributed by atoms with E-state index in [2.05, 4.69) is 40.7 Å². The van der Waals surface area contributed by atoms with Gasteiger partial charge in [-0.05, 0) is 111 Å². The molecule has 18 nitrogen and oxygen atoms in total. The van der Waals surface area contributed by atoms with E-state index in [0.717, 1.165) is 58.8 Å². The molecule has 0 spiro atoms. The van der Waals surface area contributed by atoms with Crippen LogP contribution in [0.3, 0.4) is 0 Å². The minimum absolute atomic E-state index is 0.00715. The first kappa shape index (κ1) is 52.0. The van der Waals surface area contributed by atoms with Gasteiger partial charge in [0.2, 0.25) is 0 Å². The van der Waals surface area contributed by atoms with E-state index in [1.165, 1.54) is 12.5 Å². The molecule has 3 heterocycles. The highest BCUT2D eigenvalue weighted by Gasteiger charge is 2.70. The van der Waals surface area contributed by atoms with Gasteiger partial charge in [0.1, 0.15) is 42.7 Å². The second-order valence-corrected chi connectivity index (χ2v) is 23.6. The van der Waals surface area contributed by atoms with Gasteiger partial charge in [-0.25, -0.2) is 0 Å². The number of rotatable bonds is 10. The Morgan fingerprint density at radius 2 is 1.35 bits per heavy atom. The number of carbonyl (C=O) groups excluding carboxylic acids is 2. The Labute approximate surface area is 399 Å². The van der Waals surface area contributed by atoms with Crippen LogP contribution in [0.1, 0.15) is 127 Å². The summed E-state index contributed by atoms with van der Waals surface area (Å²) in [6.45, 7) is 16.7. The molecule has 7 fully saturated rings. The summed E-state index contributed by atoms with van der Waals surface area (Å²) in [6.07, 6.45) is -9.52. The lowest BCUT2D eigenvalue weighted by Crippen LogP contribution is -2.67. The van der Waals surface area contributed by atoms with Crippen LogP contribution >= 0.6 is 0 Å². The Morgan fingerprint density at radius 1 is 0.706 bits per heavy atom. The van der Waals surface area contributed by atoms with Gasteiger partial charge in [0.05, 0.1) is 37.4 Å². The molecule has 386 valence electrons. The molecule has 0 radical (unpaired) electrons. The fraction of sp³-hybridized carbons (Fsp3) is 0.900. The van der Waals surface area contributed by atoms with Crippen molar-refractivity contribution in [3.63, 3.8) is 0 Å². The Hall–Kier alpha value is -2.33. The van der Waals surface area contributed by atoms with Crippen LogP contribution in [-0.2, 0) is 52.3 Å². The maximum absolute atomic E-state index is 13.2. The van der Waals surface area contributed by atoms with Gasteiger partial charge >= 0.3 is 17.9 Å². The number of hydrogen-bond donors (Lipinski definition) is 7. The topological polar surface area (TPSA) is 267 Å². The predicted octanol–water partition coefficient (Wildman–Crippen LogP) is 3.13. The van der Waals surface area contributed by atoms with Gasteiger partial charge in [-0.3, -0.25) is 14.4 Å². The monoisotopic (exact) mass is 967 g/mol. The van der Waals surface area contributed by atoms with Crippen molar-refractivity contribution in [2.75, 3.05) is 19.8 Å². The minimum atomic E-state index is -1.79. The number of aliphatic carboxylic acids is 1. The van der Waals surface area contributed by atoms with Crippen molar-refractivity contribution >= 4 is 17.9 Å². The number of hydrogen-bond acceptors (Lipinski definition) is 17. The average molecular weight is 967 g/mol. The van der Waals surface area contributed by atoms with E-state index in [0.29, 0.717) is 19.3 Å². The van der Waals surface area contributed by atoms with Gasteiger partial charge in [0.15, 0.2) is 31.1 Å². The van der Waals surface area contributed by atoms with Crippen LogP contribution in [0.25, 0.3) is 0 Å². The molecule has 8 aliphatic rings. The van der Waals surface area contributed by atoms with E-state index in [-0.39, 0.29) is 59.2 Å². The number of carboxylic acid groups (broad SMARTS) is 1. The summed E-state index contributed by atoms with van der Waals surface area (Å²) in [6, 6.07) is 0. The predicted molar refractivity (Wildman–Crippen MR) is 238 cm³/mol. The van der Waals surface area contributed by atoms with Crippen molar-refractivity contribution < 1.29 is 88.0 Å². The first-order valence-corrected chi connectivity index (χ1v) is 24.9. The SMILES string of the molecule is CC(=O)O[C@H]1[C@@H](O)[C@H](O[C@H]2[C@@H](O)[C@H](O[C@H]3[C@H](OC4CCC5(C)C(CCC6(C)C5CC=C5C7CC(C)(C)CCC7(C(=O)O)CCC56C)C4(C)CO)OC[C@H](O)[C@@H]3O)O[C@H](C)[C@H]2O)OC[C@H]1OC(C)=O. The highest BCUT2D eigenvalue weighted by molar-refractivity contribution is 5.76. The minimum Gasteiger partial charge on any atom is -0.481 e. The lowest BCUT2D eigenvalue weighted by molar-refractivity contribution is -0.379. The molecule has 4 saturated carbocycles. The van der Waals surface area contributed by atoms with Crippen molar-refractivity contribution in [2.45, 2.75) is 213 Å². The smallest absolute Gasteiger partial charge is 0.310 e. The summed E-state index contributed by atoms with van der Waals surface area (Å²) >= 11 is 0. The second-order valence-electron chi connectivity index (χ2n) is 23.6. The summed E-state index contributed by atoms with van der Waals surface area (Å²) in [5.74, 6) is -1.89. The third-order valence-electron chi connectivity index (χ3n) is 19.3. The van der Waals surface area contributed by atoms with Gasteiger partial charge in [0, 0.05) is 19.3 Å². The largest absolute Gasteiger partial charge is 0.481 e. The Balaban J connectivity index is 1.00. The number of esters is 2. The Morgan fingerprint density at radius 3 is 2.01 bits per heavy atom. The van der Waals surface area contributed by atoms with Crippen LogP contribution < -0.4 is 0 Å². The average Bonchev–Trinajstić information content (AvgIpc) is 3.26. The van der Waals surface area contributed by atoms with Crippen molar-refractivity contribution in [1.29, 1.82) is 0 Å². The van der Waals surface area contributed by atoms with Crippen LogP contribution in [-0.4, -0.2) is 159 Å². The molecule has 9 unspecified atom stereocenters. The first-order valence-electron chi connectivity index (χ1n) is 24.9. The third-order valence-corrected chi connectivity index (χ3v) is 19.3. The third kappa shape index (κ3) is 8.49. The quantitative estimate of drug-likeness (QED) is 0.0942. The van der Waals surface area contributed by atoms with E-state index in [9.17, 15) is 50.1 Å². The molecule has 0 aromatic rings. The Bertz CT molecular complexity index is 1930. The van der Waals surface area contributed by atoms with Crippen molar-refractivity contribution in [1.82, 2.24) is 0 Å². The lowest BCUT2D eigenvalue weighted by atomic mass is 9.33. The summed E-state index contributed by atoms with van der Waals surface area (Å²) < 4.78 is 47.1. The number of aliphatic hydroxyl groups excluding tert-OH is 6. The molecule has 0 aromatic heterocycles. The molecule has 0 bridgehead atoms. The Kier molecular flexibility index (Phi) is 14.2. The van der Waals surface area contributed by atoms with E-state index in [1.807, 2.05) is 6.92 Å². The molecule has 8 rings (SSSR count). The van der Waals surface area contributed by atoms with Crippen LogP contribution in [0.4, 0.5) is 0 Å². The van der Waals surface area contributed by atoms with E-state index in [4.69, 9.17) is 37.9 Å². The maximum Gasteiger partial charge on any atom is 0.310 e. The zero-order valence-electron chi connectivity index (χ0n) is 41.2. The first-order chi connectivity index (χ1) is 31.8. The number of aliphatic hydroxyl groups is 6. The fourth-order valence-electron chi connectivity index (χ4n) is 15.2. The maximum atomic E-state index is 13.2. The summed E-state index contributed by atoms with van der Waals surface area (Å²) in [4.78, 5) is 36.8. The standard InChI is InChI=1S/C50H78O18/c1-24-34(55)39(67-41-36(57)38(65-26(3)53)30(22-62-41)64-25(2)52)37(58)42(63-24)68-40-35(56)29(54)21-61-43(40)66-33-13-14-46(6)31(47(33,7)23-51)12-15-49(9)32(46)11-10-27-28-20-45(4,5)16-18-50(28,44(59)60)19-17-48(27,49)8/h10,24,28-43,51,54-58H,11-23H2,1-9H3,(H,59,60)/t24-,28?,29+,30-,31?,32?,33?,34-,35+,36-,37-,38-,39-,40-,41+,42+,43+,46?,47?,48?,49?,50?/m1/s1. The van der Waals surface area contributed by atoms with Gasteiger partial charge in [-0.2, -0.15) is 0 Å². The van der Waals surface area contributed by atoms with Crippen molar-refractivity contribution in [2.24, 2.45) is 50.2 Å². The fourth-order valence-corrected chi connectivity index (χ4v) is 15.2. The molecule has 18 heteroatoms. The molecule has 7 N–H and O–H groups in total. The number of carbonyl (C=O) groups is 3. The van der Waals surface area contributed by atoms with Crippen molar-refractivity contribution in [3.05, 3.63) is 11.6 Å². The van der Waals surface area contributed by atoms with Gasteiger partial charge in [-0.15, -0.1) is 0 Å². The van der Waals surface area contributed by atoms with E-state index < -0.39 is 115 Å². The molecule has 22 atom stereocenters. The highest BCUT2D eigenvalue weighted by Crippen LogP contribution is 2.76. The zero-order chi connectivity index (χ0) is 49.7. The number of ether oxygens (including phenoxy) is 8. The molecule has 0 aromatic carbocycles. The van der Waals surface area contributed by atoms with Crippen molar-refractivity contribution in [3.8, 4) is 0 Å². The number of allylic oxidation sites excluding steroid dienone is 2. The molecular weight excluding hydrogens is 889 g/mol. The van der Waals surface area contributed by atoms with Gasteiger partial charge in [-0.1, -0.05) is 53.2 Å². The van der Waals surface area contributed by atoms with Gasteiger partial charge in [0.25, 0.3) is 0 Å². The normalized spacial score (nSPS) is 51.1. The number of fused-ring (bicyclic) bond motifs is 7. The number of carboxylic acids is 1. The highest BCUT2D eigenvalue weighted by atomic mass is 16.8. The second kappa shape index (κ2) is 18.6. The summed E-state index contributed by atoms with van der Waals surface area (Å²) in [7, 11) is 0. The summed E-state index contributed by atoms with van der Waals surface area (Å²) in [5.41, 5.74) is -0.641. The van der Waals surface area contributed by atoms with E-state index in [1.54, 1.807) is 0 Å². The van der Waals surface area contributed by atoms with Crippen LogP contribution in [0, 0.1) is 50.2 Å². The molecule has 5 aliphatic carbocycles. The van der Waals surface area contributed by atoms with Crippen LogP contribution in [0.2, 0.25) is 0 Å². The van der Waals surface area contributed by atoms with Crippen LogP contribution in [0.5, 0.6) is 0 Å². The van der Waals surface area contributed by atoms with Gasteiger partial charge < -0.3 is 73.6 Å². The van der Waals surface area contributed by atoms with Crippen LogP contribution in [0.15, 0.2) is 11.6 Å².